The number of amides is 1. The van der Waals surface area contributed by atoms with E-state index in [1.807, 2.05) is 35.2 Å². The molecule has 1 saturated heterocycles. The zero-order valence-electron chi connectivity index (χ0n) is 16.3. The molecule has 0 spiro atoms. The Balaban J connectivity index is 1.59. The number of benzene rings is 2. The molecule has 1 amide bonds. The van der Waals surface area contributed by atoms with E-state index in [2.05, 4.69) is 6.92 Å². The fourth-order valence-electron chi connectivity index (χ4n) is 3.72. The summed E-state index contributed by atoms with van der Waals surface area (Å²) in [5.41, 5.74) is 0.629. The largest absolute Gasteiger partial charge is 0.507 e. The van der Waals surface area contributed by atoms with Crippen molar-refractivity contribution in [3.63, 3.8) is 0 Å². The fourth-order valence-corrected chi connectivity index (χ4v) is 3.72. The van der Waals surface area contributed by atoms with E-state index in [9.17, 15) is 14.7 Å². The van der Waals surface area contributed by atoms with Gasteiger partial charge in [-0.2, -0.15) is 0 Å². The maximum absolute atomic E-state index is 12.5. The molecule has 1 aromatic heterocycles. The summed E-state index contributed by atoms with van der Waals surface area (Å²) in [6, 6.07) is 13.5. The van der Waals surface area contributed by atoms with E-state index in [-0.39, 0.29) is 40.4 Å². The Morgan fingerprint density at radius 2 is 2.03 bits per heavy atom. The van der Waals surface area contributed by atoms with Crippen molar-refractivity contribution in [1.29, 1.82) is 0 Å². The molecule has 2 aromatic carbocycles. The highest BCUT2D eigenvalue weighted by atomic mass is 16.5. The molecule has 1 unspecified atom stereocenters. The Bertz CT molecular complexity index is 1090. The summed E-state index contributed by atoms with van der Waals surface area (Å²) in [4.78, 5) is 26.7. The number of ether oxygens (including phenoxy) is 1. The molecule has 1 N–H and O–H groups in total. The number of hydrogen-bond donors (Lipinski definition) is 1. The maximum atomic E-state index is 12.5. The van der Waals surface area contributed by atoms with Gasteiger partial charge >= 0.3 is 0 Å². The van der Waals surface area contributed by atoms with Crippen molar-refractivity contribution in [2.75, 3.05) is 19.7 Å². The molecule has 150 valence electrons. The van der Waals surface area contributed by atoms with Crippen molar-refractivity contribution in [1.82, 2.24) is 4.90 Å². The number of phenolic OH excluding ortho intramolecular Hbond substituents is 1. The predicted molar refractivity (Wildman–Crippen MR) is 110 cm³/mol. The number of piperidine rings is 1. The Labute approximate surface area is 168 Å². The molecule has 0 saturated carbocycles. The van der Waals surface area contributed by atoms with E-state index in [4.69, 9.17) is 9.15 Å². The smallest absolute Gasteiger partial charge is 0.260 e. The van der Waals surface area contributed by atoms with E-state index in [1.165, 1.54) is 18.2 Å². The van der Waals surface area contributed by atoms with Crippen LogP contribution in [0.2, 0.25) is 0 Å². The molecule has 1 fully saturated rings. The van der Waals surface area contributed by atoms with E-state index < -0.39 is 0 Å². The summed E-state index contributed by atoms with van der Waals surface area (Å²) >= 11 is 0. The number of fused-ring (bicyclic) bond motifs is 1. The second kappa shape index (κ2) is 7.99. The van der Waals surface area contributed by atoms with Gasteiger partial charge in [0.2, 0.25) is 0 Å². The number of phenols is 1. The van der Waals surface area contributed by atoms with Crippen LogP contribution >= 0.6 is 0 Å². The number of aromatic hydroxyl groups is 1. The molecule has 1 aliphatic heterocycles. The molecule has 0 aliphatic carbocycles. The molecule has 2 heterocycles. The van der Waals surface area contributed by atoms with Crippen LogP contribution in [0.15, 0.2) is 57.7 Å². The molecule has 6 heteroatoms. The summed E-state index contributed by atoms with van der Waals surface area (Å²) in [6.07, 6.45) is 2.13. The zero-order valence-corrected chi connectivity index (χ0v) is 16.3. The van der Waals surface area contributed by atoms with Gasteiger partial charge in [0, 0.05) is 36.9 Å². The van der Waals surface area contributed by atoms with Crippen LogP contribution in [0, 0.1) is 5.92 Å². The van der Waals surface area contributed by atoms with Crippen LogP contribution < -0.4 is 10.2 Å². The Kier molecular flexibility index (Phi) is 5.25. The average Bonchev–Trinajstić information content (AvgIpc) is 2.72. The first-order chi connectivity index (χ1) is 14.0. The number of carbonyl (C=O) groups is 1. The highest BCUT2D eigenvalue weighted by molar-refractivity contribution is 5.86. The van der Waals surface area contributed by atoms with Crippen molar-refractivity contribution in [2.45, 2.75) is 19.8 Å². The normalized spacial score (nSPS) is 16.7. The van der Waals surface area contributed by atoms with Gasteiger partial charge in [0.05, 0.1) is 0 Å². The average molecular weight is 393 g/mol. The van der Waals surface area contributed by atoms with Crippen LogP contribution in [0.4, 0.5) is 0 Å². The summed E-state index contributed by atoms with van der Waals surface area (Å²) < 4.78 is 11.5. The molecule has 0 bridgehead atoms. The number of likely N-dealkylation sites (tertiary alicyclic amines) is 1. The minimum atomic E-state index is -0.340. The Hall–Kier alpha value is -3.28. The summed E-state index contributed by atoms with van der Waals surface area (Å²) in [5, 5.41) is 10.4. The van der Waals surface area contributed by atoms with E-state index in [0.29, 0.717) is 11.7 Å². The molecule has 6 nitrogen and oxygen atoms in total. The molecular weight excluding hydrogens is 370 g/mol. The predicted octanol–water partition coefficient (Wildman–Crippen LogP) is 3.80. The molecular formula is C23H23NO5. The van der Waals surface area contributed by atoms with Gasteiger partial charge in [-0.25, -0.2) is 0 Å². The van der Waals surface area contributed by atoms with E-state index in [0.717, 1.165) is 31.5 Å². The van der Waals surface area contributed by atoms with E-state index >= 15 is 0 Å². The van der Waals surface area contributed by atoms with Gasteiger partial charge in [0.1, 0.15) is 28.2 Å². The third-order valence-electron chi connectivity index (χ3n) is 5.21. The van der Waals surface area contributed by atoms with Crippen molar-refractivity contribution in [3.8, 4) is 22.8 Å². The van der Waals surface area contributed by atoms with Crippen LogP contribution in [0.3, 0.4) is 0 Å². The quantitative estimate of drug-likeness (QED) is 0.729. The SMILES string of the molecule is CC1CCCN(C(=O)COc2cc(O)c3c(=O)cc(-c4ccccc4)oc3c2)C1. The molecule has 3 aromatic rings. The summed E-state index contributed by atoms with van der Waals surface area (Å²) in [6.45, 7) is 3.49. The topological polar surface area (TPSA) is 80.0 Å². The van der Waals surface area contributed by atoms with Crippen molar-refractivity contribution >= 4 is 16.9 Å². The first kappa shape index (κ1) is 19.1. The van der Waals surface area contributed by atoms with Gasteiger partial charge in [0.15, 0.2) is 12.0 Å². The number of hydrogen-bond acceptors (Lipinski definition) is 5. The van der Waals surface area contributed by atoms with Crippen LogP contribution in [0.1, 0.15) is 19.8 Å². The number of nitrogens with zero attached hydrogens (tertiary/aromatic N) is 1. The van der Waals surface area contributed by atoms with E-state index in [1.54, 1.807) is 0 Å². The van der Waals surface area contributed by atoms with Crippen LogP contribution in [-0.2, 0) is 4.79 Å². The second-order valence-corrected chi connectivity index (χ2v) is 7.53. The van der Waals surface area contributed by atoms with Crippen molar-refractivity contribution < 1.29 is 19.1 Å². The first-order valence-corrected chi connectivity index (χ1v) is 9.78. The minimum absolute atomic E-state index is 0.0874. The molecule has 29 heavy (non-hydrogen) atoms. The molecule has 1 aliphatic rings. The summed E-state index contributed by atoms with van der Waals surface area (Å²) in [7, 11) is 0. The van der Waals surface area contributed by atoms with Gasteiger partial charge in [-0.3, -0.25) is 9.59 Å². The lowest BCUT2D eigenvalue weighted by Gasteiger charge is -2.30. The maximum Gasteiger partial charge on any atom is 0.260 e. The lowest BCUT2D eigenvalue weighted by molar-refractivity contribution is -0.135. The monoisotopic (exact) mass is 393 g/mol. The lowest BCUT2D eigenvalue weighted by atomic mass is 10.0. The zero-order chi connectivity index (χ0) is 20.4. The first-order valence-electron chi connectivity index (χ1n) is 9.78. The highest BCUT2D eigenvalue weighted by Gasteiger charge is 2.21. The minimum Gasteiger partial charge on any atom is -0.507 e. The second-order valence-electron chi connectivity index (χ2n) is 7.53. The van der Waals surface area contributed by atoms with Crippen LogP contribution in [0.25, 0.3) is 22.3 Å². The van der Waals surface area contributed by atoms with Crippen molar-refractivity contribution in [2.24, 2.45) is 5.92 Å². The number of rotatable bonds is 4. The van der Waals surface area contributed by atoms with Gasteiger partial charge in [-0.05, 0) is 18.8 Å². The number of carbonyl (C=O) groups excluding carboxylic acids is 1. The highest BCUT2D eigenvalue weighted by Crippen LogP contribution is 2.31. The van der Waals surface area contributed by atoms with Gasteiger partial charge < -0.3 is 19.2 Å². The van der Waals surface area contributed by atoms with Gasteiger partial charge in [-0.1, -0.05) is 37.3 Å². The standard InChI is InChI=1S/C23H23NO5/c1-15-6-5-9-24(13-15)22(27)14-28-17-10-18(25)23-19(26)12-20(29-21(23)11-17)16-7-3-2-4-8-16/h2-4,7-8,10-12,15,25H,5-6,9,13-14H2,1H3. The molecule has 1 atom stereocenters. The lowest BCUT2D eigenvalue weighted by Crippen LogP contribution is -2.41. The molecule has 4 rings (SSSR count). The third-order valence-corrected chi connectivity index (χ3v) is 5.21. The molecule has 0 radical (unpaired) electrons. The van der Waals surface area contributed by atoms with Crippen molar-refractivity contribution in [3.05, 3.63) is 58.8 Å². The Morgan fingerprint density at radius 3 is 2.79 bits per heavy atom. The van der Waals surface area contributed by atoms with Gasteiger partial charge in [-0.15, -0.1) is 0 Å². The van der Waals surface area contributed by atoms with Crippen LogP contribution in [0.5, 0.6) is 11.5 Å². The fraction of sp³-hybridized carbons (Fsp3) is 0.304. The third kappa shape index (κ3) is 4.11. The van der Waals surface area contributed by atoms with Gasteiger partial charge in [0.25, 0.3) is 5.91 Å². The Morgan fingerprint density at radius 1 is 1.24 bits per heavy atom. The van der Waals surface area contributed by atoms with Crippen LogP contribution in [-0.4, -0.2) is 35.6 Å². The summed E-state index contributed by atoms with van der Waals surface area (Å²) in [5.74, 6) is 0.850.